The summed E-state index contributed by atoms with van der Waals surface area (Å²) < 4.78 is 26.7. The first-order chi connectivity index (χ1) is 10.9. The van der Waals surface area contributed by atoms with Crippen LogP contribution in [0.3, 0.4) is 0 Å². The Morgan fingerprint density at radius 3 is 2.48 bits per heavy atom. The minimum Gasteiger partial charge on any atom is -0.387 e. The predicted octanol–water partition coefficient (Wildman–Crippen LogP) is 1.88. The first-order valence-electron chi connectivity index (χ1n) is 7.71. The molecular weight excluding hydrogens is 314 g/mol. The van der Waals surface area contributed by atoms with Crippen molar-refractivity contribution in [3.8, 4) is 0 Å². The third kappa shape index (κ3) is 3.79. The van der Waals surface area contributed by atoms with Crippen molar-refractivity contribution in [1.82, 2.24) is 14.8 Å². The van der Waals surface area contributed by atoms with Gasteiger partial charge in [0.25, 0.3) is 0 Å². The van der Waals surface area contributed by atoms with E-state index in [0.717, 1.165) is 24.2 Å². The Bertz CT molecular complexity index is 792. The molecule has 124 valence electrons. The normalized spacial score (nSPS) is 16.5. The van der Waals surface area contributed by atoms with Gasteiger partial charge in [0.05, 0.1) is 11.9 Å². The lowest BCUT2D eigenvalue weighted by atomic mass is 10.1. The SMILES string of the molecule is Cc1ccc(C(O)CS(=O)(=O)Cc2nnc(C)n2C2CC2)cc1. The molecule has 1 aliphatic rings. The second-order valence-electron chi connectivity index (χ2n) is 6.25. The highest BCUT2D eigenvalue weighted by Crippen LogP contribution is 2.36. The van der Waals surface area contributed by atoms with E-state index in [0.29, 0.717) is 17.4 Å². The van der Waals surface area contributed by atoms with Crippen LogP contribution in [0.1, 0.15) is 47.8 Å². The zero-order chi connectivity index (χ0) is 16.6. The van der Waals surface area contributed by atoms with Crippen LogP contribution in [-0.2, 0) is 15.6 Å². The van der Waals surface area contributed by atoms with Gasteiger partial charge >= 0.3 is 0 Å². The number of hydrogen-bond donors (Lipinski definition) is 1. The van der Waals surface area contributed by atoms with Gasteiger partial charge in [0.15, 0.2) is 9.84 Å². The lowest BCUT2D eigenvalue weighted by molar-refractivity contribution is 0.201. The van der Waals surface area contributed by atoms with Crippen LogP contribution in [0.25, 0.3) is 0 Å². The van der Waals surface area contributed by atoms with E-state index in [1.165, 1.54) is 0 Å². The Hall–Kier alpha value is -1.73. The van der Waals surface area contributed by atoms with Crippen molar-refractivity contribution in [2.75, 3.05) is 5.75 Å². The number of nitrogens with zero attached hydrogens (tertiary/aromatic N) is 3. The lowest BCUT2D eigenvalue weighted by Crippen LogP contribution is -2.18. The number of aliphatic hydroxyl groups is 1. The highest BCUT2D eigenvalue weighted by molar-refractivity contribution is 7.90. The van der Waals surface area contributed by atoms with Gasteiger partial charge < -0.3 is 9.67 Å². The smallest absolute Gasteiger partial charge is 0.160 e. The molecule has 1 fully saturated rings. The molecule has 1 atom stereocenters. The van der Waals surface area contributed by atoms with Crippen molar-refractivity contribution in [2.24, 2.45) is 0 Å². The van der Waals surface area contributed by atoms with E-state index in [9.17, 15) is 13.5 Å². The molecule has 6 nitrogen and oxygen atoms in total. The minimum atomic E-state index is -3.48. The summed E-state index contributed by atoms with van der Waals surface area (Å²) >= 11 is 0. The van der Waals surface area contributed by atoms with Gasteiger partial charge in [-0.15, -0.1) is 10.2 Å². The maximum absolute atomic E-state index is 12.4. The molecular formula is C16H21N3O3S. The van der Waals surface area contributed by atoms with Gasteiger partial charge in [-0.2, -0.15) is 0 Å². The lowest BCUT2D eigenvalue weighted by Gasteiger charge is -2.12. The van der Waals surface area contributed by atoms with Crippen molar-refractivity contribution in [2.45, 2.75) is 44.6 Å². The second kappa shape index (κ2) is 6.05. The number of benzene rings is 1. The van der Waals surface area contributed by atoms with E-state index >= 15 is 0 Å². The Balaban J connectivity index is 1.73. The van der Waals surface area contributed by atoms with E-state index in [2.05, 4.69) is 10.2 Å². The molecule has 1 aliphatic carbocycles. The Labute approximate surface area is 136 Å². The van der Waals surface area contributed by atoms with E-state index in [-0.39, 0.29) is 11.5 Å². The molecule has 0 amide bonds. The molecule has 7 heteroatoms. The molecule has 1 unspecified atom stereocenters. The summed E-state index contributed by atoms with van der Waals surface area (Å²) in [6.45, 7) is 3.78. The topological polar surface area (TPSA) is 85.1 Å². The standard InChI is InChI=1S/C16H21N3O3S/c1-11-3-5-13(6-4-11)15(20)9-23(21,22)10-16-18-17-12(2)19(16)14-7-8-14/h3-6,14-15,20H,7-10H2,1-2H3. The van der Waals surface area contributed by atoms with Gasteiger partial charge in [-0.25, -0.2) is 8.42 Å². The quantitative estimate of drug-likeness (QED) is 0.871. The summed E-state index contributed by atoms with van der Waals surface area (Å²) in [5, 5.41) is 18.2. The number of aryl methyl sites for hydroxylation is 2. The summed E-state index contributed by atoms with van der Waals surface area (Å²) in [6, 6.07) is 7.56. The highest BCUT2D eigenvalue weighted by atomic mass is 32.2. The Morgan fingerprint density at radius 2 is 1.87 bits per heavy atom. The van der Waals surface area contributed by atoms with Crippen LogP contribution in [0.4, 0.5) is 0 Å². The van der Waals surface area contributed by atoms with Crippen LogP contribution in [0.15, 0.2) is 24.3 Å². The number of sulfone groups is 1. The van der Waals surface area contributed by atoms with Crippen LogP contribution in [-0.4, -0.2) is 34.0 Å². The maximum Gasteiger partial charge on any atom is 0.160 e. The van der Waals surface area contributed by atoms with Crippen LogP contribution in [0.2, 0.25) is 0 Å². The average Bonchev–Trinajstić information content (AvgIpc) is 3.24. The molecule has 0 aliphatic heterocycles. The van der Waals surface area contributed by atoms with Crippen LogP contribution in [0.5, 0.6) is 0 Å². The monoisotopic (exact) mass is 335 g/mol. The van der Waals surface area contributed by atoms with E-state index in [1.54, 1.807) is 12.1 Å². The van der Waals surface area contributed by atoms with Gasteiger partial charge in [0.1, 0.15) is 17.4 Å². The molecule has 0 bridgehead atoms. The van der Waals surface area contributed by atoms with E-state index < -0.39 is 15.9 Å². The zero-order valence-electron chi connectivity index (χ0n) is 13.3. The largest absolute Gasteiger partial charge is 0.387 e. The molecule has 1 heterocycles. The van der Waals surface area contributed by atoms with Gasteiger partial charge in [0.2, 0.25) is 0 Å². The maximum atomic E-state index is 12.4. The van der Waals surface area contributed by atoms with Crippen molar-refractivity contribution < 1.29 is 13.5 Å². The highest BCUT2D eigenvalue weighted by Gasteiger charge is 2.30. The van der Waals surface area contributed by atoms with Crippen molar-refractivity contribution >= 4 is 9.84 Å². The summed E-state index contributed by atoms with van der Waals surface area (Å²) in [5.74, 6) is 0.720. The third-order valence-electron chi connectivity index (χ3n) is 4.07. The first-order valence-corrected chi connectivity index (χ1v) is 9.53. The minimum absolute atomic E-state index is 0.187. The second-order valence-corrected chi connectivity index (χ2v) is 8.35. The first kappa shape index (κ1) is 16.1. The summed E-state index contributed by atoms with van der Waals surface area (Å²) in [7, 11) is -3.48. The molecule has 1 aromatic carbocycles. The van der Waals surface area contributed by atoms with Gasteiger partial charge in [-0.05, 0) is 32.3 Å². The van der Waals surface area contributed by atoms with E-state index in [4.69, 9.17) is 0 Å². The van der Waals surface area contributed by atoms with Gasteiger partial charge in [0, 0.05) is 6.04 Å². The van der Waals surface area contributed by atoms with Crippen LogP contribution in [0, 0.1) is 13.8 Å². The van der Waals surface area contributed by atoms with E-state index in [1.807, 2.05) is 30.5 Å². The predicted molar refractivity (Wildman–Crippen MR) is 86.7 cm³/mol. The molecule has 3 rings (SSSR count). The zero-order valence-corrected chi connectivity index (χ0v) is 14.1. The fourth-order valence-electron chi connectivity index (χ4n) is 2.70. The van der Waals surface area contributed by atoms with Crippen molar-refractivity contribution in [3.63, 3.8) is 0 Å². The fraction of sp³-hybridized carbons (Fsp3) is 0.500. The molecule has 23 heavy (non-hydrogen) atoms. The summed E-state index contributed by atoms with van der Waals surface area (Å²) in [4.78, 5) is 0. The third-order valence-corrected chi connectivity index (χ3v) is 5.59. The molecule has 0 radical (unpaired) electrons. The summed E-state index contributed by atoms with van der Waals surface area (Å²) in [6.07, 6.45) is 1.05. The molecule has 1 aromatic heterocycles. The summed E-state index contributed by atoms with van der Waals surface area (Å²) in [5.41, 5.74) is 1.68. The van der Waals surface area contributed by atoms with Crippen LogP contribution < -0.4 is 0 Å². The molecule has 0 saturated heterocycles. The van der Waals surface area contributed by atoms with Gasteiger partial charge in [-0.1, -0.05) is 29.8 Å². The number of aromatic nitrogens is 3. The molecule has 1 saturated carbocycles. The number of hydrogen-bond acceptors (Lipinski definition) is 5. The van der Waals surface area contributed by atoms with Crippen LogP contribution >= 0.6 is 0 Å². The fourth-order valence-corrected chi connectivity index (χ4v) is 4.08. The van der Waals surface area contributed by atoms with Gasteiger partial charge in [-0.3, -0.25) is 0 Å². The Morgan fingerprint density at radius 1 is 1.22 bits per heavy atom. The van der Waals surface area contributed by atoms with Crippen molar-refractivity contribution in [1.29, 1.82) is 0 Å². The average molecular weight is 335 g/mol. The molecule has 1 N–H and O–H groups in total. The number of aliphatic hydroxyl groups excluding tert-OH is 1. The Kier molecular flexibility index (Phi) is 4.25. The molecule has 2 aromatic rings. The van der Waals surface area contributed by atoms with Crippen molar-refractivity contribution in [3.05, 3.63) is 47.0 Å². The molecule has 0 spiro atoms. The number of rotatable bonds is 6.